The number of unbranched alkanes of at least 4 members (excludes halogenated alkanes) is 3. The number of hydrogen-bond acceptors (Lipinski definition) is 6. The molecule has 46 heavy (non-hydrogen) atoms. The van der Waals surface area contributed by atoms with Gasteiger partial charge in [-0.15, -0.1) is 0 Å². The number of imidazole rings is 1. The molecule has 12 nitrogen and oxygen atoms in total. The molecule has 5 N–H and O–H groups in total. The fraction of sp³-hybridized carbons (Fsp3) is 0.500. The van der Waals surface area contributed by atoms with Gasteiger partial charge in [0, 0.05) is 57.6 Å². The fourth-order valence-corrected chi connectivity index (χ4v) is 5.31. The summed E-state index contributed by atoms with van der Waals surface area (Å²) in [6, 6.07) is 4.21. The number of alkyl halides is 3. The van der Waals surface area contributed by atoms with Crippen molar-refractivity contribution in [2.24, 2.45) is 13.0 Å². The van der Waals surface area contributed by atoms with Crippen LogP contribution in [0.25, 0.3) is 11.3 Å². The van der Waals surface area contributed by atoms with Gasteiger partial charge in [0.15, 0.2) is 11.5 Å². The number of urea groups is 1. The third-order valence-corrected chi connectivity index (χ3v) is 8.26. The van der Waals surface area contributed by atoms with Crippen molar-refractivity contribution >= 4 is 35.1 Å². The molecule has 0 unspecified atom stereocenters. The van der Waals surface area contributed by atoms with Gasteiger partial charge >= 0.3 is 12.2 Å². The summed E-state index contributed by atoms with van der Waals surface area (Å²) in [6.07, 6.45) is 2.80. The summed E-state index contributed by atoms with van der Waals surface area (Å²) in [7, 11) is 1.46. The third-order valence-electron chi connectivity index (χ3n) is 7.95. The van der Waals surface area contributed by atoms with Gasteiger partial charge in [-0.1, -0.05) is 24.4 Å². The van der Waals surface area contributed by atoms with Gasteiger partial charge in [0.1, 0.15) is 0 Å². The van der Waals surface area contributed by atoms with E-state index in [1.165, 1.54) is 46.9 Å². The van der Waals surface area contributed by atoms with Crippen molar-refractivity contribution in [2.45, 2.75) is 50.7 Å². The maximum Gasteiger partial charge on any atom is 0.435 e. The zero-order valence-electron chi connectivity index (χ0n) is 25.3. The number of nitrogens with zero attached hydrogens (tertiary/aromatic N) is 4. The summed E-state index contributed by atoms with van der Waals surface area (Å²) in [5.74, 6) is -0.615. The summed E-state index contributed by atoms with van der Waals surface area (Å²) in [5.41, 5.74) is -0.553. The van der Waals surface area contributed by atoms with E-state index in [2.05, 4.69) is 36.7 Å². The first kappa shape index (κ1) is 33.3. The molecule has 0 radical (unpaired) electrons. The maximum absolute atomic E-state index is 13.7. The highest BCUT2D eigenvalue weighted by Crippen LogP contribution is 2.41. The van der Waals surface area contributed by atoms with Gasteiger partial charge in [0.05, 0.1) is 34.1 Å². The van der Waals surface area contributed by atoms with E-state index in [1.807, 2.05) is 0 Å². The van der Waals surface area contributed by atoms with E-state index in [9.17, 15) is 27.6 Å². The van der Waals surface area contributed by atoms with Gasteiger partial charge in [-0.3, -0.25) is 14.3 Å². The van der Waals surface area contributed by atoms with Crippen molar-refractivity contribution in [1.29, 1.82) is 0 Å². The summed E-state index contributed by atoms with van der Waals surface area (Å²) >= 11 is 6.34. The molecule has 2 aromatic heterocycles. The molecule has 16 heteroatoms. The lowest BCUT2D eigenvalue weighted by Crippen LogP contribution is -2.49. The van der Waals surface area contributed by atoms with Crippen molar-refractivity contribution in [3.8, 4) is 11.3 Å². The molecule has 0 bridgehead atoms. The molecule has 2 aliphatic rings. The van der Waals surface area contributed by atoms with E-state index in [0.717, 1.165) is 51.6 Å². The second-order valence-corrected chi connectivity index (χ2v) is 12.0. The average molecular weight is 664 g/mol. The molecule has 1 aliphatic heterocycles. The van der Waals surface area contributed by atoms with Crippen LogP contribution >= 0.6 is 11.6 Å². The number of carbonyl (C=O) groups is 3. The minimum atomic E-state index is -4.67. The summed E-state index contributed by atoms with van der Waals surface area (Å²) < 4.78 is 43.8. The Balaban J connectivity index is 1.06. The molecule has 3 heterocycles. The first-order chi connectivity index (χ1) is 22.0. The molecule has 248 valence electrons. The second-order valence-electron chi connectivity index (χ2n) is 11.6. The normalized spacial score (nSPS) is 14.9. The summed E-state index contributed by atoms with van der Waals surface area (Å²) in [4.78, 5) is 41.5. The minimum absolute atomic E-state index is 0.0561. The van der Waals surface area contributed by atoms with Gasteiger partial charge in [-0.25, -0.2) is 9.78 Å². The van der Waals surface area contributed by atoms with Crippen LogP contribution in [0.3, 0.4) is 0 Å². The molecule has 1 aromatic carbocycles. The van der Waals surface area contributed by atoms with Gasteiger partial charge in [0.2, 0.25) is 0 Å². The molecule has 3 aromatic rings. The Labute approximate surface area is 268 Å². The predicted molar refractivity (Wildman–Crippen MR) is 166 cm³/mol. The van der Waals surface area contributed by atoms with E-state index in [1.54, 1.807) is 0 Å². The second kappa shape index (κ2) is 14.5. The summed E-state index contributed by atoms with van der Waals surface area (Å²) in [5, 5.41) is 18.2. The van der Waals surface area contributed by atoms with E-state index < -0.39 is 17.8 Å². The van der Waals surface area contributed by atoms with Crippen molar-refractivity contribution < 1.29 is 27.6 Å². The monoisotopic (exact) mass is 663 g/mol. The lowest BCUT2D eigenvalue weighted by molar-refractivity contribution is -0.141. The molecule has 1 saturated carbocycles. The maximum atomic E-state index is 13.7. The largest absolute Gasteiger partial charge is 0.435 e. The molecule has 0 spiro atoms. The van der Waals surface area contributed by atoms with Gasteiger partial charge in [-0.2, -0.15) is 18.3 Å². The minimum Gasteiger partial charge on any atom is -0.352 e. The van der Waals surface area contributed by atoms with Crippen LogP contribution < -0.4 is 26.6 Å². The number of hydrogen-bond donors (Lipinski definition) is 5. The SMILES string of the molecule is Cn1c(-c2cn(C3CC3)nc2C(F)(F)F)cnc1C(=O)Nc1ccc(C(=O)NCCCCCCNC(=O)NCC2CNC2)c(Cl)c1. The number of nitrogens with one attached hydrogen (secondary N) is 5. The number of rotatable bonds is 14. The molecular weight excluding hydrogens is 627 g/mol. The van der Waals surface area contributed by atoms with Crippen LogP contribution in [0.5, 0.6) is 0 Å². The highest BCUT2D eigenvalue weighted by molar-refractivity contribution is 6.34. The predicted octanol–water partition coefficient (Wildman–Crippen LogP) is 4.35. The van der Waals surface area contributed by atoms with E-state index in [0.29, 0.717) is 25.6 Å². The number of halogens is 4. The standard InChI is InChI=1S/C30H37ClF3N9O3/c1-42-24(22-17-43(20-7-8-20)41-25(22)30(32,33)34)16-38-26(42)28(45)40-19-6-9-21(23(31)12-19)27(44)36-10-4-2-3-5-11-37-29(46)39-15-18-13-35-14-18/h6,9,12,16-18,20,35H,2-5,7-8,10-11,13-15H2,1H3,(H,36,44)(H,40,45)(H2,37,39,46). The van der Waals surface area contributed by atoms with Gasteiger partial charge in [0.25, 0.3) is 11.8 Å². The van der Waals surface area contributed by atoms with Crippen molar-refractivity contribution in [3.63, 3.8) is 0 Å². The van der Waals surface area contributed by atoms with E-state index in [-0.39, 0.29) is 51.3 Å². The summed E-state index contributed by atoms with van der Waals surface area (Å²) in [6.45, 7) is 3.60. The number of amides is 4. The highest BCUT2D eigenvalue weighted by atomic mass is 35.5. The number of aromatic nitrogens is 4. The lowest BCUT2D eigenvalue weighted by atomic mass is 10.0. The molecule has 0 atom stereocenters. The lowest BCUT2D eigenvalue weighted by Gasteiger charge is -2.27. The third kappa shape index (κ3) is 8.37. The van der Waals surface area contributed by atoms with Crippen molar-refractivity contribution in [3.05, 3.63) is 52.7 Å². The van der Waals surface area contributed by atoms with Crippen LogP contribution in [0.1, 0.15) is 71.2 Å². The van der Waals surface area contributed by atoms with Crippen LogP contribution in [0.15, 0.2) is 30.6 Å². The topological polar surface area (TPSA) is 147 Å². The molecule has 4 amide bonds. The number of benzene rings is 1. The number of anilines is 1. The van der Waals surface area contributed by atoms with E-state index >= 15 is 0 Å². The van der Waals surface area contributed by atoms with Crippen molar-refractivity contribution in [1.82, 2.24) is 40.6 Å². The average Bonchev–Trinajstić information content (AvgIpc) is 3.60. The first-order valence-corrected chi connectivity index (χ1v) is 15.7. The zero-order chi connectivity index (χ0) is 32.8. The molecule has 1 saturated heterocycles. The Morgan fingerprint density at radius 2 is 1.74 bits per heavy atom. The Morgan fingerprint density at radius 3 is 2.37 bits per heavy atom. The Bertz CT molecular complexity index is 1560. The van der Waals surface area contributed by atoms with Crippen LogP contribution in [0.2, 0.25) is 5.02 Å². The quantitative estimate of drug-likeness (QED) is 0.162. The van der Waals surface area contributed by atoms with Gasteiger partial charge < -0.3 is 31.2 Å². The zero-order valence-corrected chi connectivity index (χ0v) is 26.1. The van der Waals surface area contributed by atoms with E-state index in [4.69, 9.17) is 11.6 Å². The molecule has 1 aliphatic carbocycles. The van der Waals surface area contributed by atoms with Gasteiger partial charge in [-0.05, 0) is 43.9 Å². The fourth-order valence-electron chi connectivity index (χ4n) is 5.04. The van der Waals surface area contributed by atoms with Crippen molar-refractivity contribution in [2.75, 3.05) is 38.0 Å². The molecule has 5 rings (SSSR count). The molecular formula is C30H37ClF3N9O3. The van der Waals surface area contributed by atoms with Crippen LogP contribution in [-0.4, -0.2) is 69.9 Å². The smallest absolute Gasteiger partial charge is 0.352 e. The van der Waals surface area contributed by atoms with Crippen LogP contribution in [0, 0.1) is 5.92 Å². The molecule has 2 fully saturated rings. The van der Waals surface area contributed by atoms with Crippen LogP contribution in [0.4, 0.5) is 23.7 Å². The van der Waals surface area contributed by atoms with Crippen LogP contribution in [-0.2, 0) is 13.2 Å². The Morgan fingerprint density at radius 1 is 1.02 bits per heavy atom. The Kier molecular flexibility index (Phi) is 10.5. The highest BCUT2D eigenvalue weighted by Gasteiger charge is 2.40. The number of carbonyl (C=O) groups excluding carboxylic acids is 3. The first-order valence-electron chi connectivity index (χ1n) is 15.3. The Hall–Kier alpha value is -4.11.